The minimum Gasteiger partial charge on any atom is -0.0642 e. The molecule has 0 bridgehead atoms. The number of allylic oxidation sites excluding steroid dienone is 1. The Morgan fingerprint density at radius 2 is 1.47 bits per heavy atom. The van der Waals surface area contributed by atoms with E-state index in [1.54, 1.807) is 0 Å². The second kappa shape index (κ2) is 5.25. The molecule has 0 heterocycles. The molecule has 1 aromatic carbocycles. The van der Waals surface area contributed by atoms with Crippen molar-refractivity contribution >= 4 is 6.08 Å². The van der Waals surface area contributed by atoms with Crippen LogP contribution >= 0.6 is 0 Å². The molecule has 0 amide bonds. The van der Waals surface area contributed by atoms with Crippen LogP contribution in [0.4, 0.5) is 0 Å². The molecule has 0 atom stereocenters. The molecule has 15 heavy (non-hydrogen) atoms. The number of benzene rings is 1. The van der Waals surface area contributed by atoms with Gasteiger partial charge in [0.2, 0.25) is 0 Å². The molecule has 0 nitrogen and oxygen atoms in total. The molecule has 0 unspecified atom stereocenters. The summed E-state index contributed by atoms with van der Waals surface area (Å²) < 4.78 is 0. The summed E-state index contributed by atoms with van der Waals surface area (Å²) in [6.07, 6.45) is 6.88. The van der Waals surface area contributed by atoms with Gasteiger partial charge in [-0.25, -0.2) is 0 Å². The predicted molar refractivity (Wildman–Crippen MR) is 62.3 cm³/mol. The van der Waals surface area contributed by atoms with Gasteiger partial charge in [-0.05, 0) is 42.0 Å². The molecule has 1 radical (unpaired) electrons. The molecule has 0 saturated carbocycles. The zero-order chi connectivity index (χ0) is 10.1. The number of aryl methyl sites for hydroxylation is 2. The van der Waals surface area contributed by atoms with E-state index in [-0.39, 0.29) is 25.8 Å². The molecule has 0 N–H and O–H groups in total. The van der Waals surface area contributed by atoms with Crippen LogP contribution in [0.1, 0.15) is 43.0 Å². The largest absolute Gasteiger partial charge is 0.0642 e. The van der Waals surface area contributed by atoms with Crippen molar-refractivity contribution in [2.75, 3.05) is 0 Å². The third kappa shape index (κ3) is 2.33. The van der Waals surface area contributed by atoms with Crippen LogP contribution in [0.15, 0.2) is 17.7 Å². The van der Waals surface area contributed by atoms with Crippen molar-refractivity contribution in [3.8, 4) is 0 Å². The molecule has 0 fully saturated rings. The smallest absolute Gasteiger partial charge is 0.0164 e. The molecular formula is C14H17Hf. The Hall–Kier alpha value is -0.170. The van der Waals surface area contributed by atoms with Crippen LogP contribution in [0.2, 0.25) is 0 Å². The summed E-state index contributed by atoms with van der Waals surface area (Å²) in [7, 11) is 0. The molecule has 1 heteroatoms. The summed E-state index contributed by atoms with van der Waals surface area (Å²) in [5.74, 6) is 0. The van der Waals surface area contributed by atoms with Gasteiger partial charge in [-0.2, -0.15) is 0 Å². The van der Waals surface area contributed by atoms with E-state index in [2.05, 4.69) is 45.4 Å². The van der Waals surface area contributed by atoms with Gasteiger partial charge in [-0.15, -0.1) is 0 Å². The fourth-order valence-electron chi connectivity index (χ4n) is 2.18. The van der Waals surface area contributed by atoms with Gasteiger partial charge in [0.05, 0.1) is 0 Å². The minimum atomic E-state index is 0. The van der Waals surface area contributed by atoms with Crippen molar-refractivity contribution in [2.24, 2.45) is 0 Å². The third-order valence-corrected chi connectivity index (χ3v) is 2.97. The first kappa shape index (κ1) is 12.9. The fraction of sp³-hybridized carbons (Fsp3) is 0.357. The zero-order valence-corrected chi connectivity index (χ0v) is 13.3. The van der Waals surface area contributed by atoms with Crippen LogP contribution in [-0.2, 0) is 38.7 Å². The number of fused-ring (bicyclic) bond motifs is 1. The average Bonchev–Trinajstić information content (AvgIpc) is 2.57. The molecular weight excluding hydrogens is 347 g/mol. The number of hydrogen-bond donors (Lipinski definition) is 0. The third-order valence-electron chi connectivity index (χ3n) is 2.97. The summed E-state index contributed by atoms with van der Waals surface area (Å²) in [4.78, 5) is 0. The van der Waals surface area contributed by atoms with E-state index in [0.717, 1.165) is 12.8 Å². The van der Waals surface area contributed by atoms with Crippen molar-refractivity contribution in [1.82, 2.24) is 0 Å². The van der Waals surface area contributed by atoms with Crippen molar-refractivity contribution in [1.29, 1.82) is 0 Å². The van der Waals surface area contributed by atoms with Crippen LogP contribution in [0, 0.1) is 6.42 Å². The summed E-state index contributed by atoms with van der Waals surface area (Å²) >= 11 is 0. The van der Waals surface area contributed by atoms with Gasteiger partial charge in [0.25, 0.3) is 0 Å². The standard InChI is InChI=1S/C14H17.Hf/c1-4-11-6-7-12(5-2)14-9-10(3)8-13(11)14;/h6-9H,4-5H2,1-3H3;. The first-order valence-corrected chi connectivity index (χ1v) is 5.44. The maximum Gasteiger partial charge on any atom is 0.0164 e. The monoisotopic (exact) mass is 365 g/mol. The fourth-order valence-corrected chi connectivity index (χ4v) is 2.18. The Balaban J connectivity index is 0.00000112. The summed E-state index contributed by atoms with van der Waals surface area (Å²) in [6, 6.07) is 4.56. The molecule has 77 valence electrons. The first-order chi connectivity index (χ1) is 6.76. The van der Waals surface area contributed by atoms with E-state index in [4.69, 9.17) is 0 Å². The topological polar surface area (TPSA) is 0 Å². The van der Waals surface area contributed by atoms with Gasteiger partial charge in [0, 0.05) is 32.3 Å². The van der Waals surface area contributed by atoms with Gasteiger partial charge < -0.3 is 0 Å². The number of hydrogen-bond acceptors (Lipinski definition) is 0. The molecule has 1 aromatic rings. The summed E-state index contributed by atoms with van der Waals surface area (Å²) in [6.45, 7) is 6.63. The van der Waals surface area contributed by atoms with E-state index in [9.17, 15) is 0 Å². The Bertz CT molecular complexity index is 389. The summed E-state index contributed by atoms with van der Waals surface area (Å²) in [5.41, 5.74) is 7.26. The molecule has 0 spiro atoms. The van der Waals surface area contributed by atoms with Crippen molar-refractivity contribution in [2.45, 2.75) is 33.6 Å². The van der Waals surface area contributed by atoms with E-state index >= 15 is 0 Å². The minimum absolute atomic E-state index is 0. The Kier molecular flexibility index (Phi) is 4.51. The van der Waals surface area contributed by atoms with Crippen LogP contribution in [0.3, 0.4) is 0 Å². The molecule has 0 aromatic heterocycles. The van der Waals surface area contributed by atoms with E-state index in [1.807, 2.05) is 0 Å². The van der Waals surface area contributed by atoms with Gasteiger partial charge in [-0.1, -0.05) is 37.6 Å². The van der Waals surface area contributed by atoms with Gasteiger partial charge in [0.1, 0.15) is 0 Å². The van der Waals surface area contributed by atoms with Crippen LogP contribution in [0.5, 0.6) is 0 Å². The Morgan fingerprint density at radius 3 is 2.00 bits per heavy atom. The SMILES string of the molecule is CCc1ccc(CC)c2c1[CH]C(C)=C2.[Hf]. The van der Waals surface area contributed by atoms with Crippen LogP contribution < -0.4 is 0 Å². The van der Waals surface area contributed by atoms with Crippen molar-refractivity contribution in [3.05, 3.63) is 46.4 Å². The average molecular weight is 364 g/mol. The maximum absolute atomic E-state index is 2.31. The number of rotatable bonds is 2. The molecule has 0 aliphatic heterocycles. The van der Waals surface area contributed by atoms with Crippen LogP contribution in [0.25, 0.3) is 6.08 Å². The Labute approximate surface area is 112 Å². The second-order valence-electron chi connectivity index (χ2n) is 3.95. The molecule has 1 aliphatic rings. The summed E-state index contributed by atoms with van der Waals surface area (Å²) in [5, 5.41) is 0. The van der Waals surface area contributed by atoms with Crippen LogP contribution in [-0.4, -0.2) is 0 Å². The van der Waals surface area contributed by atoms with Gasteiger partial charge >= 0.3 is 0 Å². The predicted octanol–water partition coefficient (Wildman–Crippen LogP) is 3.78. The van der Waals surface area contributed by atoms with Crippen molar-refractivity contribution < 1.29 is 25.8 Å². The molecule has 0 saturated heterocycles. The van der Waals surface area contributed by atoms with Crippen molar-refractivity contribution in [3.63, 3.8) is 0 Å². The first-order valence-electron chi connectivity index (χ1n) is 5.44. The van der Waals surface area contributed by atoms with Gasteiger partial charge in [-0.3, -0.25) is 0 Å². The van der Waals surface area contributed by atoms with E-state index in [0.29, 0.717) is 0 Å². The van der Waals surface area contributed by atoms with Gasteiger partial charge in [0.15, 0.2) is 0 Å². The second-order valence-corrected chi connectivity index (χ2v) is 3.95. The maximum atomic E-state index is 2.31. The molecule has 2 rings (SSSR count). The quantitative estimate of drug-likeness (QED) is 0.702. The zero-order valence-electron chi connectivity index (χ0n) is 9.72. The Morgan fingerprint density at radius 1 is 0.933 bits per heavy atom. The normalized spacial score (nSPS) is 13.1. The van der Waals surface area contributed by atoms with E-state index in [1.165, 1.54) is 27.8 Å². The van der Waals surface area contributed by atoms with E-state index < -0.39 is 0 Å². The molecule has 1 aliphatic carbocycles.